The first kappa shape index (κ1) is 21.5. The molecule has 2 aromatic heterocycles. The fourth-order valence-electron chi connectivity index (χ4n) is 3.13. The van der Waals surface area contributed by atoms with Crippen LogP contribution in [-0.2, 0) is 0 Å². The van der Waals surface area contributed by atoms with Gasteiger partial charge in [-0.25, -0.2) is 4.98 Å². The molecule has 0 bridgehead atoms. The van der Waals surface area contributed by atoms with Crippen molar-refractivity contribution >= 4 is 41.1 Å². The average molecular weight is 453 g/mol. The molecule has 0 atom stereocenters. The maximum Gasteiger partial charge on any atom is 0.302 e. The van der Waals surface area contributed by atoms with E-state index in [4.69, 9.17) is 22.4 Å². The number of oxazole rings is 1. The van der Waals surface area contributed by atoms with E-state index in [1.165, 1.54) is 6.20 Å². The van der Waals surface area contributed by atoms with E-state index >= 15 is 0 Å². The van der Waals surface area contributed by atoms with Crippen molar-refractivity contribution in [3.05, 3.63) is 46.6 Å². The molecule has 1 aromatic carbocycles. The summed E-state index contributed by atoms with van der Waals surface area (Å²) in [5.41, 5.74) is 1.34. The first-order valence-electron chi connectivity index (χ1n) is 9.88. The summed E-state index contributed by atoms with van der Waals surface area (Å²) in [5.74, 6) is 2.79. The number of hydrogen-bond acceptors (Lipinski definition) is 9. The van der Waals surface area contributed by atoms with Gasteiger partial charge < -0.3 is 19.5 Å². The quantitative estimate of drug-likeness (QED) is 0.564. The number of nitrogens with zero attached hydrogens (tertiary/aromatic N) is 6. The zero-order valence-corrected chi connectivity index (χ0v) is 18.3. The van der Waals surface area contributed by atoms with Crippen LogP contribution < -0.4 is 15.5 Å². The molecule has 1 fully saturated rings. The van der Waals surface area contributed by atoms with Gasteiger partial charge in [-0.15, -0.1) is 6.42 Å². The standard InChI is InChI=1S/C21H21ClN8O2/c1-4-16-24-19(27-20(25-16)30-10-8-29(3)9-11-30)28-21-23-12-15(32-21)18(31)26-17-13(2)6-5-7-14(17)22/h1,5-7,12H,8-11H2,2-3H3,(H,26,31)(H,23,24,25,27,28). The van der Waals surface area contributed by atoms with Gasteiger partial charge in [0.15, 0.2) is 0 Å². The van der Waals surface area contributed by atoms with Crippen molar-refractivity contribution < 1.29 is 9.21 Å². The van der Waals surface area contributed by atoms with E-state index in [0.29, 0.717) is 16.7 Å². The number of benzene rings is 1. The molecule has 1 amide bonds. The van der Waals surface area contributed by atoms with Crippen LogP contribution in [0.25, 0.3) is 0 Å². The second kappa shape index (κ2) is 9.21. The fraction of sp³-hybridized carbons (Fsp3) is 0.286. The van der Waals surface area contributed by atoms with Crippen LogP contribution in [-0.4, -0.2) is 64.0 Å². The van der Waals surface area contributed by atoms with Crippen molar-refractivity contribution in [3.8, 4) is 12.3 Å². The summed E-state index contributed by atoms with van der Waals surface area (Å²) in [6, 6.07) is 5.39. The minimum absolute atomic E-state index is 0.00246. The molecule has 1 aliphatic rings. The number of anilines is 4. The van der Waals surface area contributed by atoms with E-state index in [2.05, 4.69) is 48.4 Å². The van der Waals surface area contributed by atoms with Gasteiger partial charge in [-0.3, -0.25) is 10.1 Å². The number of para-hydroxylation sites is 1. The molecule has 0 aliphatic carbocycles. The lowest BCUT2D eigenvalue weighted by Gasteiger charge is -2.32. The molecule has 164 valence electrons. The second-order valence-electron chi connectivity index (χ2n) is 7.26. The Morgan fingerprint density at radius 2 is 2.00 bits per heavy atom. The van der Waals surface area contributed by atoms with Crippen LogP contribution in [0, 0.1) is 19.3 Å². The van der Waals surface area contributed by atoms with E-state index in [1.807, 2.05) is 17.9 Å². The maximum absolute atomic E-state index is 12.6. The summed E-state index contributed by atoms with van der Waals surface area (Å²) in [6.07, 6.45) is 6.81. The van der Waals surface area contributed by atoms with Gasteiger partial charge >= 0.3 is 6.01 Å². The highest BCUT2D eigenvalue weighted by Crippen LogP contribution is 2.26. The zero-order valence-electron chi connectivity index (χ0n) is 17.6. The Kier molecular flexibility index (Phi) is 6.20. The van der Waals surface area contributed by atoms with Crippen LogP contribution in [0.15, 0.2) is 28.8 Å². The third kappa shape index (κ3) is 4.80. The van der Waals surface area contributed by atoms with Crippen molar-refractivity contribution in [2.24, 2.45) is 0 Å². The Morgan fingerprint density at radius 1 is 1.22 bits per heavy atom. The SMILES string of the molecule is C#Cc1nc(Nc2ncc(C(=O)Nc3c(C)cccc3Cl)o2)nc(N2CCN(C)CC2)n1. The van der Waals surface area contributed by atoms with Crippen LogP contribution in [0.5, 0.6) is 0 Å². The first-order valence-corrected chi connectivity index (χ1v) is 10.3. The third-order valence-electron chi connectivity index (χ3n) is 4.95. The molecule has 11 heteroatoms. The van der Waals surface area contributed by atoms with Crippen molar-refractivity contribution in [3.63, 3.8) is 0 Å². The number of piperazine rings is 1. The number of rotatable bonds is 5. The van der Waals surface area contributed by atoms with Gasteiger partial charge in [-0.05, 0) is 31.5 Å². The zero-order chi connectivity index (χ0) is 22.7. The highest BCUT2D eigenvalue weighted by atomic mass is 35.5. The van der Waals surface area contributed by atoms with E-state index < -0.39 is 5.91 Å². The lowest BCUT2D eigenvalue weighted by Crippen LogP contribution is -2.45. The monoisotopic (exact) mass is 452 g/mol. The van der Waals surface area contributed by atoms with Crippen molar-refractivity contribution in [1.82, 2.24) is 24.8 Å². The number of aromatic nitrogens is 4. The Morgan fingerprint density at radius 3 is 2.72 bits per heavy atom. The Hall–Kier alpha value is -3.68. The number of aryl methyl sites for hydroxylation is 1. The molecular formula is C21H21ClN8O2. The molecule has 0 unspecified atom stereocenters. The molecule has 4 rings (SSSR count). The van der Waals surface area contributed by atoms with Gasteiger partial charge in [-0.1, -0.05) is 23.7 Å². The summed E-state index contributed by atoms with van der Waals surface area (Å²) in [7, 11) is 2.06. The van der Waals surface area contributed by atoms with E-state index in [9.17, 15) is 4.79 Å². The first-order chi connectivity index (χ1) is 15.4. The summed E-state index contributed by atoms with van der Waals surface area (Å²) in [6.45, 7) is 5.17. The fourth-order valence-corrected chi connectivity index (χ4v) is 3.40. The summed E-state index contributed by atoms with van der Waals surface area (Å²) in [4.78, 5) is 33.8. The smallest absolute Gasteiger partial charge is 0.302 e. The number of carbonyl (C=O) groups excluding carboxylic acids is 1. The Labute approximate surface area is 190 Å². The number of hydrogen-bond donors (Lipinski definition) is 2. The Bertz CT molecular complexity index is 1160. The Balaban J connectivity index is 1.50. The van der Waals surface area contributed by atoms with Crippen LogP contribution in [0.1, 0.15) is 21.9 Å². The van der Waals surface area contributed by atoms with Gasteiger partial charge in [0.2, 0.25) is 23.5 Å². The molecule has 2 N–H and O–H groups in total. The normalized spacial score (nSPS) is 14.1. The molecule has 10 nitrogen and oxygen atoms in total. The minimum atomic E-state index is -0.486. The number of nitrogens with one attached hydrogen (secondary N) is 2. The summed E-state index contributed by atoms with van der Waals surface area (Å²) < 4.78 is 5.52. The van der Waals surface area contributed by atoms with Crippen LogP contribution in [0.3, 0.4) is 0 Å². The van der Waals surface area contributed by atoms with Gasteiger partial charge in [0.1, 0.15) is 0 Å². The predicted octanol–water partition coefficient (Wildman–Crippen LogP) is 2.55. The molecule has 0 radical (unpaired) electrons. The summed E-state index contributed by atoms with van der Waals surface area (Å²) in [5, 5.41) is 6.02. The number of amides is 1. The van der Waals surface area contributed by atoms with Crippen molar-refractivity contribution in [2.45, 2.75) is 6.92 Å². The lowest BCUT2D eigenvalue weighted by molar-refractivity contribution is 0.0997. The number of likely N-dealkylation sites (N-methyl/N-ethyl adjacent to an activating group) is 1. The molecule has 0 saturated carbocycles. The minimum Gasteiger partial charge on any atom is -0.418 e. The van der Waals surface area contributed by atoms with Crippen LogP contribution >= 0.6 is 11.6 Å². The summed E-state index contributed by atoms with van der Waals surface area (Å²) >= 11 is 6.17. The van der Waals surface area contributed by atoms with Crippen molar-refractivity contribution in [1.29, 1.82) is 0 Å². The average Bonchev–Trinajstić information content (AvgIpc) is 3.25. The molecule has 1 saturated heterocycles. The maximum atomic E-state index is 12.6. The molecular weight excluding hydrogens is 432 g/mol. The van der Waals surface area contributed by atoms with Gasteiger partial charge in [0.05, 0.1) is 16.9 Å². The van der Waals surface area contributed by atoms with Crippen LogP contribution in [0.4, 0.5) is 23.6 Å². The highest BCUT2D eigenvalue weighted by Gasteiger charge is 2.20. The molecule has 1 aliphatic heterocycles. The van der Waals surface area contributed by atoms with Gasteiger partial charge in [0.25, 0.3) is 5.91 Å². The van der Waals surface area contributed by atoms with Gasteiger partial charge in [-0.2, -0.15) is 15.0 Å². The van der Waals surface area contributed by atoms with Crippen molar-refractivity contribution in [2.75, 3.05) is 48.8 Å². The van der Waals surface area contributed by atoms with E-state index in [0.717, 1.165) is 31.7 Å². The van der Waals surface area contributed by atoms with Gasteiger partial charge in [0, 0.05) is 26.2 Å². The van der Waals surface area contributed by atoms with Crippen LogP contribution in [0.2, 0.25) is 5.02 Å². The number of carbonyl (C=O) groups is 1. The highest BCUT2D eigenvalue weighted by molar-refractivity contribution is 6.34. The lowest BCUT2D eigenvalue weighted by atomic mass is 10.2. The molecule has 3 heterocycles. The number of halogens is 1. The largest absolute Gasteiger partial charge is 0.418 e. The van der Waals surface area contributed by atoms with E-state index in [1.54, 1.807) is 12.1 Å². The predicted molar refractivity (Wildman–Crippen MR) is 121 cm³/mol. The molecule has 32 heavy (non-hydrogen) atoms. The molecule has 0 spiro atoms. The molecule has 3 aromatic rings. The number of terminal acetylenes is 1. The third-order valence-corrected chi connectivity index (χ3v) is 5.26. The topological polar surface area (TPSA) is 112 Å². The second-order valence-corrected chi connectivity index (χ2v) is 7.67. The van der Waals surface area contributed by atoms with E-state index in [-0.39, 0.29) is 23.5 Å².